The number of benzene rings is 1. The highest BCUT2D eigenvalue weighted by Crippen LogP contribution is 2.45. The van der Waals surface area contributed by atoms with Crippen molar-refractivity contribution >= 4 is 38.8 Å². The molecule has 1 aliphatic rings. The van der Waals surface area contributed by atoms with Crippen molar-refractivity contribution in [2.45, 2.75) is 16.6 Å². The summed E-state index contributed by atoms with van der Waals surface area (Å²) >= 11 is 1.29. The smallest absolute Gasteiger partial charge is 0.231 e. The Kier molecular flexibility index (Phi) is 4.72. The van der Waals surface area contributed by atoms with E-state index in [0.717, 1.165) is 10.5 Å². The molecule has 5 rings (SSSR count). The molecule has 13 heteroatoms. The standard InChI is InChI=1S/C18H16N6O5S2/c19-16-15-17(22-8-21-16)24(3-5-31(20,25)26)18(23-15)30-14-7-13-12(28-9-29-13)6-10(14)11-2-1-4-27-11/h1-2,4,6-8H,3,5,9H2,(H2,19,21,22)(H2,20,25,26). The summed E-state index contributed by atoms with van der Waals surface area (Å²) < 4.78 is 41.4. The summed E-state index contributed by atoms with van der Waals surface area (Å²) in [5.41, 5.74) is 7.52. The van der Waals surface area contributed by atoms with Crippen molar-refractivity contribution in [3.05, 3.63) is 36.9 Å². The van der Waals surface area contributed by atoms with Gasteiger partial charge in [-0.05, 0) is 24.3 Å². The molecule has 0 aliphatic carbocycles. The number of hydrogen-bond acceptors (Lipinski definition) is 10. The molecule has 4 aromatic rings. The van der Waals surface area contributed by atoms with Crippen molar-refractivity contribution in [3.8, 4) is 22.8 Å². The van der Waals surface area contributed by atoms with Crippen LogP contribution in [0, 0.1) is 0 Å². The van der Waals surface area contributed by atoms with Crippen LogP contribution in [0.25, 0.3) is 22.5 Å². The summed E-state index contributed by atoms with van der Waals surface area (Å²) in [4.78, 5) is 13.5. The van der Waals surface area contributed by atoms with Crippen LogP contribution in [0.4, 0.5) is 5.82 Å². The summed E-state index contributed by atoms with van der Waals surface area (Å²) in [6, 6.07) is 7.26. The average molecular weight is 460 g/mol. The van der Waals surface area contributed by atoms with Gasteiger partial charge in [0.05, 0.1) is 12.0 Å². The first-order chi connectivity index (χ1) is 14.9. The molecule has 0 saturated carbocycles. The topological polar surface area (TPSA) is 161 Å². The van der Waals surface area contributed by atoms with E-state index < -0.39 is 10.0 Å². The fourth-order valence-corrected chi connectivity index (χ4v) is 4.66. The van der Waals surface area contributed by atoms with Gasteiger partial charge in [0.15, 0.2) is 33.6 Å². The van der Waals surface area contributed by atoms with Crippen molar-refractivity contribution in [2.75, 3.05) is 18.3 Å². The van der Waals surface area contributed by atoms with Crippen LogP contribution in [0.3, 0.4) is 0 Å². The van der Waals surface area contributed by atoms with E-state index in [9.17, 15) is 8.42 Å². The third kappa shape index (κ3) is 3.78. The number of ether oxygens (including phenoxy) is 2. The van der Waals surface area contributed by atoms with Crippen LogP contribution in [0.5, 0.6) is 11.5 Å². The minimum Gasteiger partial charge on any atom is -0.464 e. The number of anilines is 1. The lowest BCUT2D eigenvalue weighted by Gasteiger charge is -2.11. The van der Waals surface area contributed by atoms with Crippen LogP contribution in [0.1, 0.15) is 0 Å². The third-order valence-corrected chi connectivity index (χ3v) is 6.39. The number of furan rings is 1. The molecular weight excluding hydrogens is 444 g/mol. The summed E-state index contributed by atoms with van der Waals surface area (Å²) in [6.45, 7) is 0.175. The predicted octanol–water partition coefficient (Wildman–Crippen LogP) is 1.84. The highest BCUT2D eigenvalue weighted by molar-refractivity contribution is 7.99. The van der Waals surface area contributed by atoms with Crippen LogP contribution in [0.2, 0.25) is 0 Å². The summed E-state index contributed by atoms with van der Waals surface area (Å²) in [6.07, 6.45) is 2.88. The zero-order valence-electron chi connectivity index (χ0n) is 15.9. The average Bonchev–Trinajstić information content (AvgIpc) is 3.45. The van der Waals surface area contributed by atoms with Crippen molar-refractivity contribution in [1.82, 2.24) is 19.5 Å². The normalized spacial score (nSPS) is 13.2. The Morgan fingerprint density at radius 3 is 2.74 bits per heavy atom. The van der Waals surface area contributed by atoms with Crippen molar-refractivity contribution in [3.63, 3.8) is 0 Å². The Labute approximate surface area is 180 Å². The van der Waals surface area contributed by atoms with Gasteiger partial charge in [-0.2, -0.15) is 0 Å². The number of imidazole rings is 1. The molecule has 1 aromatic carbocycles. The van der Waals surface area contributed by atoms with E-state index in [4.69, 9.17) is 24.8 Å². The van der Waals surface area contributed by atoms with E-state index >= 15 is 0 Å². The second-order valence-electron chi connectivity index (χ2n) is 6.63. The molecule has 0 radical (unpaired) electrons. The first-order valence-corrected chi connectivity index (χ1v) is 11.5. The quantitative estimate of drug-likeness (QED) is 0.434. The monoisotopic (exact) mass is 460 g/mol. The molecule has 4 heterocycles. The molecule has 4 N–H and O–H groups in total. The molecule has 0 atom stereocenters. The largest absolute Gasteiger partial charge is 0.464 e. The Balaban J connectivity index is 1.63. The van der Waals surface area contributed by atoms with E-state index in [0.29, 0.717) is 33.6 Å². The molecule has 0 spiro atoms. The molecule has 0 amide bonds. The molecule has 160 valence electrons. The van der Waals surface area contributed by atoms with Gasteiger partial charge in [-0.1, -0.05) is 11.8 Å². The van der Waals surface area contributed by atoms with Crippen molar-refractivity contribution in [1.29, 1.82) is 0 Å². The molecule has 0 saturated heterocycles. The van der Waals surface area contributed by atoms with Gasteiger partial charge < -0.3 is 24.2 Å². The van der Waals surface area contributed by atoms with E-state index in [-0.39, 0.29) is 24.9 Å². The fraction of sp³-hybridized carbons (Fsp3) is 0.167. The molecular formula is C18H16N6O5S2. The Morgan fingerprint density at radius 1 is 1.19 bits per heavy atom. The van der Waals surface area contributed by atoms with Crippen LogP contribution in [-0.2, 0) is 16.6 Å². The number of nitrogens with two attached hydrogens (primary N) is 2. The van der Waals surface area contributed by atoms with E-state index in [1.807, 2.05) is 18.2 Å². The number of aromatic nitrogens is 4. The molecule has 11 nitrogen and oxygen atoms in total. The van der Waals surface area contributed by atoms with Crippen molar-refractivity contribution < 1.29 is 22.3 Å². The first kappa shape index (κ1) is 19.7. The van der Waals surface area contributed by atoms with Crippen LogP contribution < -0.4 is 20.3 Å². The maximum atomic E-state index is 11.6. The number of primary sulfonamides is 1. The Hall–Kier alpha value is -3.29. The Morgan fingerprint density at radius 2 is 2.00 bits per heavy atom. The van der Waals surface area contributed by atoms with Gasteiger partial charge in [0.1, 0.15) is 12.1 Å². The lowest BCUT2D eigenvalue weighted by molar-refractivity contribution is 0.174. The lowest BCUT2D eigenvalue weighted by Crippen LogP contribution is -2.20. The molecule has 1 aliphatic heterocycles. The van der Waals surface area contributed by atoms with Gasteiger partial charge >= 0.3 is 0 Å². The SMILES string of the molecule is Nc1ncnc2c1nc(Sc1cc3c(cc1-c1ccco1)OCO3)n2CCS(N)(=O)=O. The highest BCUT2D eigenvalue weighted by Gasteiger charge is 2.23. The zero-order valence-corrected chi connectivity index (χ0v) is 17.5. The summed E-state index contributed by atoms with van der Waals surface area (Å²) in [5, 5.41) is 5.68. The summed E-state index contributed by atoms with van der Waals surface area (Å²) in [7, 11) is -3.70. The molecule has 31 heavy (non-hydrogen) atoms. The number of hydrogen-bond donors (Lipinski definition) is 2. The number of aryl methyl sites for hydroxylation is 1. The Bertz CT molecular complexity index is 1380. The number of nitrogen functional groups attached to an aromatic ring is 1. The number of sulfonamides is 1. The molecule has 3 aromatic heterocycles. The van der Waals surface area contributed by atoms with Crippen molar-refractivity contribution in [2.24, 2.45) is 5.14 Å². The number of nitrogens with zero attached hydrogens (tertiary/aromatic N) is 4. The second kappa shape index (κ2) is 7.44. The van der Waals surface area contributed by atoms with Gasteiger partial charge in [0, 0.05) is 17.0 Å². The van der Waals surface area contributed by atoms with Crippen LogP contribution in [-0.4, -0.2) is 40.5 Å². The van der Waals surface area contributed by atoms with Gasteiger partial charge in [0.2, 0.25) is 16.8 Å². The van der Waals surface area contributed by atoms with Gasteiger partial charge in [-0.3, -0.25) is 0 Å². The first-order valence-electron chi connectivity index (χ1n) is 9.01. The maximum Gasteiger partial charge on any atom is 0.231 e. The van der Waals surface area contributed by atoms with E-state index in [2.05, 4.69) is 15.0 Å². The molecule has 0 unspecified atom stereocenters. The second-order valence-corrected chi connectivity index (χ2v) is 9.37. The maximum absolute atomic E-state index is 11.6. The highest BCUT2D eigenvalue weighted by atomic mass is 32.2. The molecule has 0 bridgehead atoms. The van der Waals surface area contributed by atoms with Gasteiger partial charge in [0.25, 0.3) is 0 Å². The third-order valence-electron chi connectivity index (χ3n) is 4.59. The zero-order chi connectivity index (χ0) is 21.6. The van der Waals surface area contributed by atoms with Gasteiger partial charge in [-0.25, -0.2) is 28.5 Å². The van der Waals surface area contributed by atoms with Crippen LogP contribution in [0.15, 0.2) is 51.3 Å². The summed E-state index contributed by atoms with van der Waals surface area (Å²) in [5.74, 6) is 1.73. The minimum absolute atomic E-state index is 0.0504. The van der Waals surface area contributed by atoms with E-state index in [1.54, 1.807) is 16.9 Å². The minimum atomic E-state index is -3.70. The predicted molar refractivity (Wildman–Crippen MR) is 112 cm³/mol. The van der Waals surface area contributed by atoms with Crippen LogP contribution >= 0.6 is 11.8 Å². The molecule has 0 fully saturated rings. The number of rotatable bonds is 6. The fourth-order valence-electron chi connectivity index (χ4n) is 3.16. The lowest BCUT2D eigenvalue weighted by atomic mass is 10.1. The van der Waals surface area contributed by atoms with Gasteiger partial charge in [-0.15, -0.1) is 0 Å². The van der Waals surface area contributed by atoms with E-state index in [1.165, 1.54) is 18.1 Å². The number of fused-ring (bicyclic) bond motifs is 2.